The van der Waals surface area contributed by atoms with Crippen LogP contribution in [0.4, 0.5) is 0 Å². The number of hydrogen-bond acceptors (Lipinski definition) is 3. The zero-order chi connectivity index (χ0) is 15.8. The van der Waals surface area contributed by atoms with E-state index in [9.17, 15) is 0 Å². The molecule has 2 atom stereocenters. The molecule has 0 aromatic heterocycles. The summed E-state index contributed by atoms with van der Waals surface area (Å²) in [6.07, 6.45) is 8.18. The van der Waals surface area contributed by atoms with Gasteiger partial charge >= 0.3 is 0 Å². The Morgan fingerprint density at radius 3 is 2.81 bits per heavy atom. The first-order valence-corrected chi connectivity index (χ1v) is 7.59. The number of rotatable bonds is 7. The standard InChI is InChI=1S/C16H27BN4/c1-4-5-12(2)15(10-18)16(19)20-8-6-13(3)21-9-7-14(17)11-21/h6,8,10,13-14H,2,4-5,7,9,11,18H2,1,3H3,(H2,19,20)/b8-6-,15-10?. The van der Waals surface area contributed by atoms with Crippen molar-refractivity contribution in [1.82, 2.24) is 4.90 Å². The first kappa shape index (κ1) is 17.6. The lowest BCUT2D eigenvalue weighted by Gasteiger charge is -2.20. The molecule has 0 bridgehead atoms. The van der Waals surface area contributed by atoms with Crippen LogP contribution in [0, 0.1) is 0 Å². The Kier molecular flexibility index (Phi) is 7.30. The molecule has 4 nitrogen and oxygen atoms in total. The predicted octanol–water partition coefficient (Wildman–Crippen LogP) is 2.11. The van der Waals surface area contributed by atoms with Gasteiger partial charge in [0.25, 0.3) is 0 Å². The monoisotopic (exact) mass is 286 g/mol. The maximum Gasteiger partial charge on any atom is 0.132 e. The molecule has 114 valence electrons. The minimum Gasteiger partial charge on any atom is -0.404 e. The molecule has 0 aromatic carbocycles. The third kappa shape index (κ3) is 5.42. The summed E-state index contributed by atoms with van der Waals surface area (Å²) in [7, 11) is 5.91. The van der Waals surface area contributed by atoms with Crippen LogP contribution in [0.3, 0.4) is 0 Å². The molecule has 0 amide bonds. The first-order valence-electron chi connectivity index (χ1n) is 7.59. The largest absolute Gasteiger partial charge is 0.404 e. The molecule has 2 unspecified atom stereocenters. The normalized spacial score (nSPS) is 22.9. The summed E-state index contributed by atoms with van der Waals surface area (Å²) in [6, 6.07) is 0.305. The third-order valence-electron chi connectivity index (χ3n) is 3.79. The Labute approximate surface area is 130 Å². The number of likely N-dealkylation sites (tertiary alicyclic amines) is 1. The fraction of sp³-hybridized carbons (Fsp3) is 0.562. The van der Waals surface area contributed by atoms with Gasteiger partial charge in [-0.3, -0.25) is 4.90 Å². The Morgan fingerprint density at radius 1 is 1.57 bits per heavy atom. The maximum atomic E-state index is 5.98. The van der Waals surface area contributed by atoms with Gasteiger partial charge in [0.15, 0.2) is 0 Å². The van der Waals surface area contributed by atoms with Crippen molar-refractivity contribution in [2.45, 2.75) is 45.0 Å². The van der Waals surface area contributed by atoms with Crippen LogP contribution in [-0.4, -0.2) is 37.7 Å². The van der Waals surface area contributed by atoms with Crippen molar-refractivity contribution in [3.05, 3.63) is 36.2 Å². The fourth-order valence-electron chi connectivity index (χ4n) is 2.45. The lowest BCUT2D eigenvalue weighted by Crippen LogP contribution is -2.28. The highest BCUT2D eigenvalue weighted by molar-refractivity contribution is 6.12. The Hall–Kier alpha value is -1.49. The van der Waals surface area contributed by atoms with Gasteiger partial charge in [0, 0.05) is 24.0 Å². The van der Waals surface area contributed by atoms with Gasteiger partial charge in [-0.2, -0.15) is 0 Å². The number of amidine groups is 1. The molecule has 2 radical (unpaired) electrons. The zero-order valence-electron chi connectivity index (χ0n) is 13.3. The topological polar surface area (TPSA) is 67.6 Å². The highest BCUT2D eigenvalue weighted by atomic mass is 15.2. The zero-order valence-corrected chi connectivity index (χ0v) is 13.3. The first-order chi connectivity index (χ1) is 9.99. The average Bonchev–Trinajstić information content (AvgIpc) is 2.86. The summed E-state index contributed by atoms with van der Waals surface area (Å²) in [5.41, 5.74) is 13.3. The van der Waals surface area contributed by atoms with Crippen molar-refractivity contribution in [3.8, 4) is 0 Å². The third-order valence-corrected chi connectivity index (χ3v) is 3.79. The second kappa shape index (κ2) is 8.72. The van der Waals surface area contributed by atoms with Crippen LogP contribution < -0.4 is 11.5 Å². The van der Waals surface area contributed by atoms with E-state index in [1.54, 1.807) is 6.20 Å². The summed E-state index contributed by atoms with van der Waals surface area (Å²) in [5, 5.41) is 0. The van der Waals surface area contributed by atoms with Gasteiger partial charge in [-0.05, 0) is 44.5 Å². The molecule has 21 heavy (non-hydrogen) atoms. The minimum absolute atomic E-state index is 0.290. The van der Waals surface area contributed by atoms with Crippen LogP contribution in [-0.2, 0) is 0 Å². The predicted molar refractivity (Wildman–Crippen MR) is 92.2 cm³/mol. The van der Waals surface area contributed by atoms with Gasteiger partial charge in [0.1, 0.15) is 5.84 Å². The Morgan fingerprint density at radius 2 is 2.29 bits per heavy atom. The smallest absolute Gasteiger partial charge is 0.132 e. The van der Waals surface area contributed by atoms with Crippen molar-refractivity contribution in [2.75, 3.05) is 13.1 Å². The molecule has 1 saturated heterocycles. The maximum absolute atomic E-state index is 5.98. The van der Waals surface area contributed by atoms with Gasteiger partial charge < -0.3 is 11.5 Å². The molecule has 0 aliphatic carbocycles. The fourth-order valence-corrected chi connectivity index (χ4v) is 2.45. The summed E-state index contributed by atoms with van der Waals surface area (Å²) >= 11 is 0. The highest BCUT2D eigenvalue weighted by Crippen LogP contribution is 2.20. The summed E-state index contributed by atoms with van der Waals surface area (Å²) in [5.74, 6) is 0.705. The van der Waals surface area contributed by atoms with Crippen LogP contribution in [0.25, 0.3) is 0 Å². The van der Waals surface area contributed by atoms with Crippen LogP contribution in [0.5, 0.6) is 0 Å². The molecule has 1 aliphatic heterocycles. The van der Waals surface area contributed by atoms with Gasteiger partial charge in [0.05, 0.1) is 7.85 Å². The van der Waals surface area contributed by atoms with Gasteiger partial charge in [-0.1, -0.05) is 25.7 Å². The second-order valence-electron chi connectivity index (χ2n) is 5.57. The van der Waals surface area contributed by atoms with E-state index in [4.69, 9.17) is 19.3 Å². The number of aliphatic imine (C=N–C) groups is 1. The van der Waals surface area contributed by atoms with E-state index >= 15 is 0 Å². The van der Waals surface area contributed by atoms with Crippen molar-refractivity contribution in [2.24, 2.45) is 16.5 Å². The molecule has 0 saturated carbocycles. The van der Waals surface area contributed by atoms with E-state index < -0.39 is 0 Å². The lowest BCUT2D eigenvalue weighted by atomic mass is 9.87. The molecule has 1 rings (SSSR count). The Bertz CT molecular complexity index is 440. The molecule has 1 aliphatic rings. The summed E-state index contributed by atoms with van der Waals surface area (Å²) in [4.78, 5) is 6.61. The van der Waals surface area contributed by atoms with Crippen LogP contribution >= 0.6 is 0 Å². The Balaban J connectivity index is 2.61. The van der Waals surface area contributed by atoms with E-state index in [0.29, 0.717) is 17.7 Å². The van der Waals surface area contributed by atoms with Crippen LogP contribution in [0.15, 0.2) is 41.2 Å². The molecule has 0 spiro atoms. The molecular weight excluding hydrogens is 259 g/mol. The summed E-state index contributed by atoms with van der Waals surface area (Å²) < 4.78 is 0. The van der Waals surface area contributed by atoms with E-state index in [2.05, 4.69) is 30.3 Å². The molecular formula is C16H27BN4. The van der Waals surface area contributed by atoms with Crippen molar-refractivity contribution >= 4 is 13.7 Å². The molecule has 1 fully saturated rings. The van der Waals surface area contributed by atoms with Crippen LogP contribution in [0.2, 0.25) is 5.82 Å². The number of nitrogens with two attached hydrogens (primary N) is 2. The van der Waals surface area contributed by atoms with E-state index in [1.807, 2.05) is 6.08 Å². The van der Waals surface area contributed by atoms with Crippen molar-refractivity contribution in [1.29, 1.82) is 0 Å². The van der Waals surface area contributed by atoms with Gasteiger partial charge in [-0.15, -0.1) is 0 Å². The molecule has 1 heterocycles. The average molecular weight is 286 g/mol. The number of hydrogen-bond donors (Lipinski definition) is 2. The van der Waals surface area contributed by atoms with E-state index in [1.165, 1.54) is 6.20 Å². The van der Waals surface area contributed by atoms with Crippen molar-refractivity contribution < 1.29 is 0 Å². The molecule has 0 aromatic rings. The second-order valence-corrected chi connectivity index (χ2v) is 5.57. The quantitative estimate of drug-likeness (QED) is 0.326. The molecule has 4 N–H and O–H groups in total. The molecule has 5 heteroatoms. The van der Waals surface area contributed by atoms with Crippen molar-refractivity contribution in [3.63, 3.8) is 0 Å². The van der Waals surface area contributed by atoms with E-state index in [-0.39, 0.29) is 0 Å². The van der Waals surface area contributed by atoms with E-state index in [0.717, 1.165) is 43.5 Å². The van der Waals surface area contributed by atoms with Gasteiger partial charge in [0.2, 0.25) is 0 Å². The van der Waals surface area contributed by atoms with Gasteiger partial charge in [-0.25, -0.2) is 4.99 Å². The highest BCUT2D eigenvalue weighted by Gasteiger charge is 2.20. The minimum atomic E-state index is 0.290. The van der Waals surface area contributed by atoms with Crippen LogP contribution in [0.1, 0.15) is 33.1 Å². The summed E-state index contributed by atoms with van der Waals surface area (Å²) in [6.45, 7) is 10.2. The lowest BCUT2D eigenvalue weighted by molar-refractivity contribution is 0.300. The SMILES string of the molecule is [B]C1CCN(C(C)/C=C\N=C(N)C(=CN)C(=C)CCC)C1. The number of nitrogens with zero attached hydrogens (tertiary/aromatic N) is 2.